The van der Waals surface area contributed by atoms with Crippen LogP contribution in [0.1, 0.15) is 40.9 Å². The minimum Gasteiger partial charge on any atom is -0.344 e. The molecule has 1 aliphatic carbocycles. The van der Waals surface area contributed by atoms with Gasteiger partial charge >= 0.3 is 0 Å². The van der Waals surface area contributed by atoms with Crippen molar-refractivity contribution in [2.75, 3.05) is 11.4 Å². The SMILES string of the molecule is CCN1C2=CC=C(Cl)[C@@]2(C)c2cc(C(=O)c3ccccc3C)ccc21. The van der Waals surface area contributed by atoms with Gasteiger partial charge in [0.05, 0.1) is 5.41 Å². The number of halogens is 1. The number of aryl methyl sites for hydroxylation is 1. The fraction of sp³-hybridized carbons (Fsp3) is 0.227. The molecule has 126 valence electrons. The van der Waals surface area contributed by atoms with Crippen LogP contribution in [0.4, 0.5) is 5.69 Å². The maximum absolute atomic E-state index is 13.0. The number of nitrogens with zero attached hydrogens (tertiary/aromatic N) is 1. The number of allylic oxidation sites excluding steroid dienone is 3. The number of rotatable bonds is 3. The molecule has 0 aromatic heterocycles. The predicted molar refractivity (Wildman–Crippen MR) is 103 cm³/mol. The number of fused-ring (bicyclic) bond motifs is 3. The number of carbonyl (C=O) groups is 1. The largest absolute Gasteiger partial charge is 0.344 e. The molecule has 0 fully saturated rings. The molecule has 1 heterocycles. The van der Waals surface area contributed by atoms with Gasteiger partial charge in [0.15, 0.2) is 5.78 Å². The van der Waals surface area contributed by atoms with E-state index in [-0.39, 0.29) is 11.2 Å². The Morgan fingerprint density at radius 1 is 1.16 bits per heavy atom. The number of anilines is 1. The van der Waals surface area contributed by atoms with Crippen molar-refractivity contribution in [2.45, 2.75) is 26.2 Å². The van der Waals surface area contributed by atoms with Gasteiger partial charge in [0.2, 0.25) is 0 Å². The molecule has 0 spiro atoms. The highest BCUT2D eigenvalue weighted by Gasteiger charge is 2.47. The molecule has 0 amide bonds. The van der Waals surface area contributed by atoms with E-state index in [1.807, 2.05) is 49.4 Å². The fourth-order valence-corrected chi connectivity index (χ4v) is 4.26. The quantitative estimate of drug-likeness (QED) is 0.697. The van der Waals surface area contributed by atoms with Gasteiger partial charge in [0.25, 0.3) is 0 Å². The molecule has 0 unspecified atom stereocenters. The van der Waals surface area contributed by atoms with Crippen LogP contribution in [0.3, 0.4) is 0 Å². The second-order valence-corrected chi connectivity index (χ2v) is 7.22. The summed E-state index contributed by atoms with van der Waals surface area (Å²) in [7, 11) is 0. The minimum absolute atomic E-state index is 0.0584. The monoisotopic (exact) mass is 349 g/mol. The Hall–Kier alpha value is -2.32. The number of benzene rings is 2. The van der Waals surface area contributed by atoms with Gasteiger partial charge < -0.3 is 4.90 Å². The standard InChI is InChI=1S/C22H20ClNO/c1-4-24-18-10-9-15(21(25)16-8-6-5-7-14(16)2)13-17(18)22(3)19(23)11-12-20(22)24/h5-13H,4H2,1-3H3/t22-/m1/s1. The minimum atomic E-state index is -0.352. The second kappa shape index (κ2) is 5.60. The Balaban J connectivity index is 1.85. The summed E-state index contributed by atoms with van der Waals surface area (Å²) in [4.78, 5) is 15.3. The third kappa shape index (κ3) is 2.14. The zero-order chi connectivity index (χ0) is 17.8. The van der Waals surface area contributed by atoms with Crippen molar-refractivity contribution in [3.05, 3.63) is 87.6 Å². The van der Waals surface area contributed by atoms with Gasteiger partial charge in [-0.15, -0.1) is 0 Å². The van der Waals surface area contributed by atoms with E-state index < -0.39 is 0 Å². The lowest BCUT2D eigenvalue weighted by Gasteiger charge is -2.25. The van der Waals surface area contributed by atoms with Crippen LogP contribution in [0, 0.1) is 6.92 Å². The smallest absolute Gasteiger partial charge is 0.193 e. The van der Waals surface area contributed by atoms with Crippen molar-refractivity contribution in [3.8, 4) is 0 Å². The molecule has 0 radical (unpaired) electrons. The van der Waals surface area contributed by atoms with E-state index in [2.05, 4.69) is 30.9 Å². The van der Waals surface area contributed by atoms with Gasteiger partial charge in [-0.2, -0.15) is 0 Å². The van der Waals surface area contributed by atoms with Crippen molar-refractivity contribution in [1.29, 1.82) is 0 Å². The number of carbonyl (C=O) groups excluding carboxylic acids is 1. The zero-order valence-electron chi connectivity index (χ0n) is 14.6. The molecule has 2 aliphatic rings. The summed E-state index contributed by atoms with van der Waals surface area (Å²) >= 11 is 6.58. The van der Waals surface area contributed by atoms with Gasteiger partial charge in [-0.25, -0.2) is 0 Å². The number of ketones is 1. The first-order valence-electron chi connectivity index (χ1n) is 8.59. The third-order valence-electron chi connectivity index (χ3n) is 5.46. The van der Waals surface area contributed by atoms with Crippen molar-refractivity contribution in [1.82, 2.24) is 0 Å². The lowest BCUT2D eigenvalue weighted by Crippen LogP contribution is -2.26. The normalized spacial score (nSPS) is 20.9. The highest BCUT2D eigenvalue weighted by Crippen LogP contribution is 2.55. The lowest BCUT2D eigenvalue weighted by atomic mass is 9.82. The number of hydrogen-bond donors (Lipinski definition) is 0. The van der Waals surface area contributed by atoms with E-state index in [0.29, 0.717) is 5.56 Å². The van der Waals surface area contributed by atoms with E-state index >= 15 is 0 Å². The zero-order valence-corrected chi connectivity index (χ0v) is 15.4. The van der Waals surface area contributed by atoms with Crippen LogP contribution in [0.25, 0.3) is 0 Å². The van der Waals surface area contributed by atoms with Gasteiger partial charge in [0, 0.05) is 34.1 Å². The van der Waals surface area contributed by atoms with E-state index in [9.17, 15) is 4.79 Å². The molecule has 1 aliphatic heterocycles. The summed E-state index contributed by atoms with van der Waals surface area (Å²) in [5, 5.41) is 0.806. The molecule has 0 N–H and O–H groups in total. The first-order chi connectivity index (χ1) is 12.0. The Morgan fingerprint density at radius 3 is 2.64 bits per heavy atom. The van der Waals surface area contributed by atoms with Crippen LogP contribution in [-0.2, 0) is 5.41 Å². The number of hydrogen-bond acceptors (Lipinski definition) is 2. The summed E-state index contributed by atoms with van der Waals surface area (Å²) in [5.74, 6) is 0.0584. The van der Waals surface area contributed by atoms with E-state index in [0.717, 1.165) is 34.0 Å². The molecule has 1 atom stereocenters. The molecular weight excluding hydrogens is 330 g/mol. The molecule has 2 aromatic carbocycles. The maximum atomic E-state index is 13.0. The molecule has 2 aromatic rings. The van der Waals surface area contributed by atoms with Crippen LogP contribution < -0.4 is 4.90 Å². The molecule has 25 heavy (non-hydrogen) atoms. The summed E-state index contributed by atoms with van der Waals surface area (Å²) in [5.41, 5.74) is 5.55. The molecule has 4 rings (SSSR count). The Labute approximate surface area is 153 Å². The summed E-state index contributed by atoms with van der Waals surface area (Å²) in [6.45, 7) is 7.12. The molecule has 0 saturated heterocycles. The van der Waals surface area contributed by atoms with E-state index in [1.165, 1.54) is 5.70 Å². The maximum Gasteiger partial charge on any atom is 0.193 e. The van der Waals surface area contributed by atoms with Crippen LogP contribution >= 0.6 is 11.6 Å². The van der Waals surface area contributed by atoms with Crippen molar-refractivity contribution in [3.63, 3.8) is 0 Å². The average molecular weight is 350 g/mol. The Morgan fingerprint density at radius 2 is 1.92 bits per heavy atom. The van der Waals surface area contributed by atoms with Crippen molar-refractivity contribution < 1.29 is 4.79 Å². The molecule has 0 saturated carbocycles. The highest BCUT2D eigenvalue weighted by atomic mass is 35.5. The second-order valence-electron chi connectivity index (χ2n) is 6.81. The third-order valence-corrected chi connectivity index (χ3v) is 5.97. The van der Waals surface area contributed by atoms with Crippen molar-refractivity contribution >= 4 is 23.1 Å². The lowest BCUT2D eigenvalue weighted by molar-refractivity contribution is 0.103. The first kappa shape index (κ1) is 16.2. The summed E-state index contributed by atoms with van der Waals surface area (Å²) in [6, 6.07) is 13.7. The predicted octanol–water partition coefficient (Wildman–Crippen LogP) is 5.34. The van der Waals surface area contributed by atoms with Gasteiger partial charge in [0.1, 0.15) is 0 Å². The fourth-order valence-electron chi connectivity index (χ4n) is 4.00. The van der Waals surface area contributed by atoms with Gasteiger partial charge in [-0.1, -0.05) is 35.9 Å². The molecule has 3 heteroatoms. The Bertz CT molecular complexity index is 956. The summed E-state index contributed by atoms with van der Waals surface area (Å²) in [6.07, 6.45) is 4.06. The van der Waals surface area contributed by atoms with E-state index in [1.54, 1.807) is 0 Å². The van der Waals surface area contributed by atoms with Crippen LogP contribution in [0.2, 0.25) is 0 Å². The van der Waals surface area contributed by atoms with Crippen LogP contribution in [0.15, 0.2) is 65.3 Å². The van der Waals surface area contributed by atoms with Gasteiger partial charge in [-0.3, -0.25) is 4.79 Å². The molecule has 2 nitrogen and oxygen atoms in total. The van der Waals surface area contributed by atoms with E-state index in [4.69, 9.17) is 11.6 Å². The van der Waals surface area contributed by atoms with Gasteiger partial charge in [-0.05, 0) is 62.2 Å². The highest BCUT2D eigenvalue weighted by molar-refractivity contribution is 6.32. The Kier molecular flexibility index (Phi) is 3.62. The molecular formula is C22H20ClNO. The topological polar surface area (TPSA) is 20.3 Å². The average Bonchev–Trinajstić information content (AvgIpc) is 3.05. The van der Waals surface area contributed by atoms with Crippen molar-refractivity contribution in [2.24, 2.45) is 0 Å². The number of likely N-dealkylation sites (N-methyl/N-ethyl adjacent to an activating group) is 1. The van der Waals surface area contributed by atoms with Crippen LogP contribution in [-0.4, -0.2) is 12.3 Å². The summed E-state index contributed by atoms with van der Waals surface area (Å²) < 4.78 is 0. The van der Waals surface area contributed by atoms with Crippen LogP contribution in [0.5, 0.6) is 0 Å². The first-order valence-corrected chi connectivity index (χ1v) is 8.97. The molecule has 0 bridgehead atoms.